The number of carboxylic acids is 1. The number of rotatable bonds is 33. The zero-order valence-electron chi connectivity index (χ0n) is 27.2. The van der Waals surface area contributed by atoms with Crippen molar-refractivity contribution < 1.29 is 19.4 Å². The van der Waals surface area contributed by atoms with Gasteiger partial charge in [-0.05, 0) is 51.4 Å². The van der Waals surface area contributed by atoms with Gasteiger partial charge in [0.2, 0.25) is 0 Å². The number of carboxylic acid groups (broad SMARTS) is 1. The largest absolute Gasteiger partial charge is 0.481 e. The number of ether oxygens (including phenoxy) is 1. The van der Waals surface area contributed by atoms with Gasteiger partial charge in [0.25, 0.3) is 0 Å². The second-order valence-corrected chi connectivity index (χ2v) is 12.0. The molecule has 0 spiro atoms. The van der Waals surface area contributed by atoms with Crippen molar-refractivity contribution in [1.82, 2.24) is 0 Å². The Hall–Kier alpha value is -1.58. The summed E-state index contributed by atoms with van der Waals surface area (Å²) in [5.74, 6) is -0.683. The lowest BCUT2D eigenvalue weighted by atomic mass is 10.0. The van der Waals surface area contributed by atoms with Crippen LogP contribution >= 0.6 is 0 Å². The molecule has 0 aliphatic rings. The summed E-state index contributed by atoms with van der Waals surface area (Å²) >= 11 is 0. The number of carbonyl (C=O) groups excluding carboxylic acids is 1. The normalized spacial score (nSPS) is 11.6. The molecule has 0 heterocycles. The summed E-state index contributed by atoms with van der Waals surface area (Å²) in [7, 11) is 0. The molecule has 0 aromatic heterocycles. The summed E-state index contributed by atoms with van der Waals surface area (Å²) < 4.78 is 5.41. The van der Waals surface area contributed by atoms with Gasteiger partial charge in [-0.2, -0.15) is 0 Å². The summed E-state index contributed by atoms with van der Waals surface area (Å²) in [4.78, 5) is 22.4. The average Bonchev–Trinajstić information content (AvgIpc) is 2.96. The maximum Gasteiger partial charge on any atom is 0.305 e. The molecule has 0 rings (SSSR count). The van der Waals surface area contributed by atoms with Gasteiger partial charge < -0.3 is 9.84 Å². The van der Waals surface area contributed by atoms with Crippen molar-refractivity contribution in [3.8, 4) is 0 Å². The maximum absolute atomic E-state index is 11.9. The first-order chi connectivity index (χ1) is 20.2. The van der Waals surface area contributed by atoms with Crippen molar-refractivity contribution >= 4 is 11.9 Å². The van der Waals surface area contributed by atoms with Crippen molar-refractivity contribution in [2.45, 2.75) is 193 Å². The van der Waals surface area contributed by atoms with E-state index in [2.05, 4.69) is 31.2 Å². The smallest absolute Gasteiger partial charge is 0.305 e. The minimum atomic E-state index is -0.674. The Bertz CT molecular complexity index is 610. The van der Waals surface area contributed by atoms with Crippen LogP contribution in [-0.4, -0.2) is 23.7 Å². The van der Waals surface area contributed by atoms with Gasteiger partial charge in [0.1, 0.15) is 0 Å². The molecule has 41 heavy (non-hydrogen) atoms. The lowest BCUT2D eigenvalue weighted by Gasteiger charge is -2.06. The second-order valence-electron chi connectivity index (χ2n) is 12.0. The predicted octanol–water partition coefficient (Wildman–Crippen LogP) is 12.1. The van der Waals surface area contributed by atoms with Gasteiger partial charge in [0, 0.05) is 12.8 Å². The van der Waals surface area contributed by atoms with E-state index in [0.29, 0.717) is 19.4 Å². The molecule has 4 nitrogen and oxygen atoms in total. The van der Waals surface area contributed by atoms with Crippen molar-refractivity contribution in [2.24, 2.45) is 0 Å². The minimum Gasteiger partial charge on any atom is -0.481 e. The number of esters is 1. The SMILES string of the molecule is CCCCC/C=C\C/C=C\CCCCCCCCCCCC(=O)OCCCCCCCCCCCCCCC(=O)O. The fraction of sp³-hybridized carbons (Fsp3) is 0.838. The lowest BCUT2D eigenvalue weighted by Crippen LogP contribution is -2.05. The van der Waals surface area contributed by atoms with E-state index in [0.717, 1.165) is 44.9 Å². The summed E-state index contributed by atoms with van der Waals surface area (Å²) in [5, 5.41) is 8.62. The Kier molecular flexibility index (Phi) is 33.3. The van der Waals surface area contributed by atoms with Gasteiger partial charge in [0.05, 0.1) is 6.61 Å². The van der Waals surface area contributed by atoms with E-state index in [1.165, 1.54) is 128 Å². The Labute approximate surface area is 255 Å². The van der Waals surface area contributed by atoms with Crippen LogP contribution in [-0.2, 0) is 14.3 Å². The highest BCUT2D eigenvalue weighted by Crippen LogP contribution is 2.14. The molecule has 0 fully saturated rings. The Morgan fingerprint density at radius 1 is 0.488 bits per heavy atom. The molecular weight excluding hydrogens is 508 g/mol. The summed E-state index contributed by atoms with van der Waals surface area (Å²) in [6.07, 6.45) is 43.3. The van der Waals surface area contributed by atoms with Crippen molar-refractivity contribution in [2.75, 3.05) is 6.61 Å². The molecule has 0 aliphatic carbocycles. The molecule has 0 unspecified atom stereocenters. The molecule has 0 radical (unpaired) electrons. The van der Waals surface area contributed by atoms with Crippen LogP contribution in [0.25, 0.3) is 0 Å². The number of hydrogen-bond donors (Lipinski definition) is 1. The zero-order valence-corrected chi connectivity index (χ0v) is 27.2. The summed E-state index contributed by atoms with van der Waals surface area (Å²) in [5.41, 5.74) is 0. The third-order valence-electron chi connectivity index (χ3n) is 7.88. The van der Waals surface area contributed by atoms with Crippen LogP contribution in [0.5, 0.6) is 0 Å². The molecule has 0 bridgehead atoms. The topological polar surface area (TPSA) is 63.6 Å². The van der Waals surface area contributed by atoms with E-state index in [1.54, 1.807) is 0 Å². The van der Waals surface area contributed by atoms with Crippen LogP contribution in [0.15, 0.2) is 24.3 Å². The van der Waals surface area contributed by atoms with Crippen LogP contribution in [0.3, 0.4) is 0 Å². The first-order valence-corrected chi connectivity index (χ1v) is 17.8. The molecule has 0 saturated carbocycles. The molecule has 0 aromatic rings. The van der Waals surface area contributed by atoms with E-state index in [-0.39, 0.29) is 5.97 Å². The number of carbonyl (C=O) groups is 2. The van der Waals surface area contributed by atoms with Gasteiger partial charge in [0.15, 0.2) is 0 Å². The van der Waals surface area contributed by atoms with Crippen LogP contribution in [0.1, 0.15) is 193 Å². The van der Waals surface area contributed by atoms with Gasteiger partial charge in [-0.1, -0.05) is 153 Å². The molecule has 240 valence electrons. The van der Waals surface area contributed by atoms with Crippen molar-refractivity contribution in [3.63, 3.8) is 0 Å². The highest BCUT2D eigenvalue weighted by Gasteiger charge is 2.03. The summed E-state index contributed by atoms with van der Waals surface area (Å²) in [6, 6.07) is 0. The molecule has 4 heteroatoms. The molecule has 1 N–H and O–H groups in total. The highest BCUT2D eigenvalue weighted by atomic mass is 16.5. The predicted molar refractivity (Wildman–Crippen MR) is 176 cm³/mol. The lowest BCUT2D eigenvalue weighted by molar-refractivity contribution is -0.144. The van der Waals surface area contributed by atoms with Crippen LogP contribution in [0.2, 0.25) is 0 Å². The average molecular weight is 577 g/mol. The highest BCUT2D eigenvalue weighted by molar-refractivity contribution is 5.69. The van der Waals surface area contributed by atoms with E-state index in [9.17, 15) is 9.59 Å². The van der Waals surface area contributed by atoms with Crippen LogP contribution < -0.4 is 0 Å². The van der Waals surface area contributed by atoms with E-state index >= 15 is 0 Å². The molecule has 0 aliphatic heterocycles. The van der Waals surface area contributed by atoms with Crippen molar-refractivity contribution in [3.05, 3.63) is 24.3 Å². The standard InChI is InChI=1S/C37H68O4/c1-2-3-4-5-6-7-8-9-10-11-12-13-14-15-19-22-25-28-31-34-37(40)41-35-32-29-26-23-20-17-16-18-21-24-27-30-33-36(38)39/h6-7,9-10H,2-5,8,11-35H2,1H3,(H,38,39)/b7-6-,10-9-. The third kappa shape index (κ3) is 36.4. The fourth-order valence-electron chi connectivity index (χ4n) is 5.19. The second kappa shape index (κ2) is 34.6. The van der Waals surface area contributed by atoms with E-state index in [4.69, 9.17) is 9.84 Å². The molecule has 0 atom stereocenters. The van der Waals surface area contributed by atoms with Gasteiger partial charge in [-0.15, -0.1) is 0 Å². The van der Waals surface area contributed by atoms with Gasteiger partial charge >= 0.3 is 11.9 Å². The molecule has 0 amide bonds. The number of hydrogen-bond acceptors (Lipinski definition) is 3. The molecule has 0 aromatic carbocycles. The Morgan fingerprint density at radius 2 is 0.878 bits per heavy atom. The van der Waals surface area contributed by atoms with Crippen LogP contribution in [0, 0.1) is 0 Å². The maximum atomic E-state index is 11.9. The number of aliphatic carboxylic acids is 1. The van der Waals surface area contributed by atoms with E-state index < -0.39 is 5.97 Å². The quantitative estimate of drug-likeness (QED) is 0.0479. The first kappa shape index (κ1) is 39.4. The number of unbranched alkanes of at least 4 members (excludes halogenated alkanes) is 23. The Morgan fingerprint density at radius 3 is 1.34 bits per heavy atom. The van der Waals surface area contributed by atoms with Gasteiger partial charge in [-0.25, -0.2) is 0 Å². The minimum absolute atomic E-state index is 0.00925. The molecule has 0 saturated heterocycles. The third-order valence-corrected chi connectivity index (χ3v) is 7.88. The monoisotopic (exact) mass is 577 g/mol. The zero-order chi connectivity index (χ0) is 29.9. The van der Waals surface area contributed by atoms with Crippen molar-refractivity contribution in [1.29, 1.82) is 0 Å². The van der Waals surface area contributed by atoms with Crippen LogP contribution in [0.4, 0.5) is 0 Å². The van der Waals surface area contributed by atoms with Gasteiger partial charge in [-0.3, -0.25) is 9.59 Å². The fourth-order valence-corrected chi connectivity index (χ4v) is 5.19. The Balaban J connectivity index is 3.22. The molecular formula is C37H68O4. The number of allylic oxidation sites excluding steroid dienone is 4. The van der Waals surface area contributed by atoms with E-state index in [1.807, 2.05) is 0 Å². The summed E-state index contributed by atoms with van der Waals surface area (Å²) in [6.45, 7) is 2.84. The first-order valence-electron chi connectivity index (χ1n) is 17.8.